The molecule has 2 rings (SSSR count). The third kappa shape index (κ3) is 3.04. The Morgan fingerprint density at radius 1 is 1.40 bits per heavy atom. The average molecular weight is 291 g/mol. The van der Waals surface area contributed by atoms with Crippen LogP contribution in [0, 0.1) is 11.8 Å². The van der Waals surface area contributed by atoms with E-state index >= 15 is 0 Å². The summed E-state index contributed by atoms with van der Waals surface area (Å²) >= 11 is 1.67. The predicted octanol–water partition coefficient (Wildman–Crippen LogP) is 1.11. The summed E-state index contributed by atoms with van der Waals surface area (Å²) in [4.78, 5) is 18.6. The number of piperazine rings is 1. The van der Waals surface area contributed by atoms with E-state index < -0.39 is 5.54 Å². The first kappa shape index (κ1) is 15.0. The van der Waals surface area contributed by atoms with Gasteiger partial charge in [0.15, 0.2) is 0 Å². The van der Waals surface area contributed by atoms with Crippen LogP contribution in [0.15, 0.2) is 12.1 Å². The normalized spacial score (nSPS) is 18.8. The second-order valence-electron chi connectivity index (χ2n) is 5.48. The molecule has 0 spiro atoms. The first-order valence-corrected chi connectivity index (χ1v) is 7.55. The summed E-state index contributed by atoms with van der Waals surface area (Å²) < 4.78 is 0. The van der Waals surface area contributed by atoms with Crippen LogP contribution in [0.25, 0.3) is 0 Å². The number of hydrogen-bond donors (Lipinski definition) is 1. The maximum Gasteiger partial charge on any atom is 0.242 e. The van der Waals surface area contributed by atoms with Crippen LogP contribution in [-0.4, -0.2) is 47.9 Å². The third-order valence-corrected chi connectivity index (χ3v) is 4.67. The van der Waals surface area contributed by atoms with Crippen molar-refractivity contribution >= 4 is 17.2 Å². The number of amides is 1. The van der Waals surface area contributed by atoms with Crippen molar-refractivity contribution in [3.8, 4) is 11.8 Å². The van der Waals surface area contributed by atoms with Gasteiger partial charge in [-0.3, -0.25) is 9.69 Å². The monoisotopic (exact) mass is 291 g/mol. The Morgan fingerprint density at radius 2 is 2.15 bits per heavy atom. The van der Waals surface area contributed by atoms with Gasteiger partial charge in [0.05, 0.1) is 17.0 Å². The summed E-state index contributed by atoms with van der Waals surface area (Å²) in [6.07, 6.45) is 0. The molecular weight excluding hydrogens is 270 g/mol. The van der Waals surface area contributed by atoms with Gasteiger partial charge >= 0.3 is 0 Å². The van der Waals surface area contributed by atoms with Crippen LogP contribution < -0.4 is 5.73 Å². The molecule has 2 N–H and O–H groups in total. The standard InChI is InChI=1S/C15H21N3OS/c1-15(2)14(19)17(3)9-10-18(15)11-13-7-6-12(20-13)5-4-8-16/h6-7H,8-11,16H2,1-3H3. The van der Waals surface area contributed by atoms with E-state index in [1.807, 2.05) is 31.9 Å². The lowest BCUT2D eigenvalue weighted by molar-refractivity contribution is -0.147. The van der Waals surface area contributed by atoms with E-state index in [4.69, 9.17) is 5.73 Å². The molecule has 4 nitrogen and oxygen atoms in total. The zero-order valence-electron chi connectivity index (χ0n) is 12.3. The molecule has 1 aliphatic rings. The zero-order valence-corrected chi connectivity index (χ0v) is 13.1. The molecule has 2 heterocycles. The van der Waals surface area contributed by atoms with E-state index in [9.17, 15) is 4.79 Å². The van der Waals surface area contributed by atoms with Gasteiger partial charge in [-0.05, 0) is 26.0 Å². The van der Waals surface area contributed by atoms with Crippen molar-refractivity contribution in [3.63, 3.8) is 0 Å². The SMILES string of the molecule is CN1CCN(Cc2ccc(C#CCN)s2)C(C)(C)C1=O. The van der Waals surface area contributed by atoms with Gasteiger partial charge in [0.1, 0.15) is 0 Å². The Hall–Kier alpha value is -1.35. The van der Waals surface area contributed by atoms with Gasteiger partial charge in [-0.15, -0.1) is 11.3 Å². The summed E-state index contributed by atoms with van der Waals surface area (Å²) in [5, 5.41) is 0. The van der Waals surface area contributed by atoms with E-state index in [0.717, 1.165) is 24.5 Å². The molecule has 0 saturated carbocycles. The van der Waals surface area contributed by atoms with Gasteiger partial charge in [0, 0.05) is 31.6 Å². The van der Waals surface area contributed by atoms with Gasteiger partial charge in [-0.1, -0.05) is 11.8 Å². The van der Waals surface area contributed by atoms with E-state index in [-0.39, 0.29) is 5.91 Å². The Balaban J connectivity index is 2.09. The van der Waals surface area contributed by atoms with Gasteiger partial charge in [-0.2, -0.15) is 0 Å². The van der Waals surface area contributed by atoms with Crippen LogP contribution in [0.3, 0.4) is 0 Å². The number of thiophene rings is 1. The van der Waals surface area contributed by atoms with Gasteiger partial charge in [-0.25, -0.2) is 0 Å². The van der Waals surface area contributed by atoms with E-state index in [2.05, 4.69) is 22.8 Å². The number of carbonyl (C=O) groups is 1. The highest BCUT2D eigenvalue weighted by Gasteiger charge is 2.40. The second-order valence-corrected chi connectivity index (χ2v) is 6.65. The molecule has 1 saturated heterocycles. The molecule has 0 unspecified atom stereocenters. The molecule has 108 valence electrons. The summed E-state index contributed by atoms with van der Waals surface area (Å²) in [5.41, 5.74) is 4.93. The quantitative estimate of drug-likeness (QED) is 0.831. The first-order chi connectivity index (χ1) is 9.45. The van der Waals surface area contributed by atoms with Crippen LogP contribution in [0.1, 0.15) is 23.6 Å². The van der Waals surface area contributed by atoms with Crippen LogP contribution in [0.2, 0.25) is 0 Å². The molecule has 0 aliphatic carbocycles. The Kier molecular flexibility index (Phi) is 4.48. The number of rotatable bonds is 2. The van der Waals surface area contributed by atoms with Crippen molar-refractivity contribution in [2.45, 2.75) is 25.9 Å². The van der Waals surface area contributed by atoms with Crippen LogP contribution >= 0.6 is 11.3 Å². The number of nitrogens with two attached hydrogens (primary N) is 1. The number of nitrogens with zero attached hydrogens (tertiary/aromatic N) is 2. The molecule has 1 fully saturated rings. The molecule has 0 atom stereocenters. The van der Waals surface area contributed by atoms with Crippen LogP contribution in [0.5, 0.6) is 0 Å². The topological polar surface area (TPSA) is 49.6 Å². The molecule has 1 aliphatic heterocycles. The van der Waals surface area contributed by atoms with Gasteiger partial charge in [0.25, 0.3) is 0 Å². The largest absolute Gasteiger partial charge is 0.343 e. The number of carbonyl (C=O) groups excluding carboxylic acids is 1. The minimum absolute atomic E-state index is 0.184. The first-order valence-electron chi connectivity index (χ1n) is 6.73. The van der Waals surface area contributed by atoms with Gasteiger partial charge in [0.2, 0.25) is 5.91 Å². The minimum Gasteiger partial charge on any atom is -0.343 e. The maximum absolute atomic E-state index is 12.2. The van der Waals surface area contributed by atoms with Crippen molar-refractivity contribution in [1.82, 2.24) is 9.80 Å². The van der Waals surface area contributed by atoms with Crippen LogP contribution in [0.4, 0.5) is 0 Å². The van der Waals surface area contributed by atoms with Crippen molar-refractivity contribution in [2.24, 2.45) is 5.73 Å². The lowest BCUT2D eigenvalue weighted by atomic mass is 9.98. The summed E-state index contributed by atoms with van der Waals surface area (Å²) in [6, 6.07) is 4.11. The van der Waals surface area contributed by atoms with Crippen molar-refractivity contribution in [1.29, 1.82) is 0 Å². The lowest BCUT2D eigenvalue weighted by Crippen LogP contribution is -2.61. The Bertz CT molecular complexity index is 553. The predicted molar refractivity (Wildman–Crippen MR) is 82.4 cm³/mol. The molecular formula is C15H21N3OS. The van der Waals surface area contributed by atoms with Crippen molar-refractivity contribution < 1.29 is 4.79 Å². The second kappa shape index (κ2) is 5.96. The molecule has 1 aromatic heterocycles. The molecule has 0 radical (unpaired) electrons. The molecule has 1 aromatic rings. The molecule has 20 heavy (non-hydrogen) atoms. The fraction of sp³-hybridized carbons (Fsp3) is 0.533. The molecule has 1 amide bonds. The lowest BCUT2D eigenvalue weighted by Gasteiger charge is -2.44. The highest BCUT2D eigenvalue weighted by molar-refractivity contribution is 7.12. The summed E-state index contributed by atoms with van der Waals surface area (Å²) in [6.45, 7) is 6.85. The fourth-order valence-corrected chi connectivity index (χ4v) is 3.29. The zero-order chi connectivity index (χ0) is 14.8. The van der Waals surface area contributed by atoms with E-state index in [0.29, 0.717) is 6.54 Å². The number of hydrogen-bond acceptors (Lipinski definition) is 4. The molecule has 0 bridgehead atoms. The Morgan fingerprint density at radius 3 is 2.85 bits per heavy atom. The van der Waals surface area contributed by atoms with Crippen LogP contribution in [-0.2, 0) is 11.3 Å². The third-order valence-electron chi connectivity index (χ3n) is 3.69. The summed E-state index contributed by atoms with van der Waals surface area (Å²) in [5.74, 6) is 6.10. The highest BCUT2D eigenvalue weighted by Crippen LogP contribution is 2.26. The fourth-order valence-electron chi connectivity index (χ4n) is 2.39. The average Bonchev–Trinajstić information content (AvgIpc) is 2.85. The molecule has 5 heteroatoms. The smallest absolute Gasteiger partial charge is 0.242 e. The van der Waals surface area contributed by atoms with E-state index in [1.165, 1.54) is 4.88 Å². The number of likely N-dealkylation sites (N-methyl/N-ethyl adjacent to an activating group) is 1. The van der Waals surface area contributed by atoms with Crippen molar-refractivity contribution in [3.05, 3.63) is 21.9 Å². The Labute approximate surface area is 124 Å². The minimum atomic E-state index is -0.444. The van der Waals surface area contributed by atoms with Crippen molar-refractivity contribution in [2.75, 3.05) is 26.7 Å². The maximum atomic E-state index is 12.2. The van der Waals surface area contributed by atoms with E-state index in [1.54, 1.807) is 11.3 Å². The molecule has 0 aromatic carbocycles. The summed E-state index contributed by atoms with van der Waals surface area (Å²) in [7, 11) is 1.87. The van der Waals surface area contributed by atoms with Gasteiger partial charge < -0.3 is 10.6 Å². The highest BCUT2D eigenvalue weighted by atomic mass is 32.1.